The molecule has 0 atom stereocenters. The number of rotatable bonds is 28. The van der Waals surface area contributed by atoms with E-state index in [0.717, 1.165) is 24.1 Å². The Bertz CT molecular complexity index is 356. The fourth-order valence-electron chi connectivity index (χ4n) is 4.46. The molecule has 0 aromatic rings. The summed E-state index contributed by atoms with van der Waals surface area (Å²) in [6.45, 7) is 7.68. The highest BCUT2D eigenvalue weighted by Gasteiger charge is 2.20. The lowest BCUT2D eigenvalue weighted by atomic mass is 10.0. The summed E-state index contributed by atoms with van der Waals surface area (Å²) >= 11 is 0. The second-order valence-corrected chi connectivity index (χ2v) is 10.1. The van der Waals surface area contributed by atoms with E-state index in [4.69, 9.17) is 19.7 Å². The third-order valence-corrected chi connectivity index (χ3v) is 6.82. The van der Waals surface area contributed by atoms with Crippen LogP contribution in [0.3, 0.4) is 0 Å². The van der Waals surface area contributed by atoms with Crippen molar-refractivity contribution < 1.29 is 24.2 Å². The molecule has 0 fully saturated rings. The SMILES string of the molecule is CCCCCCCCCCCCCCCCCCC[N+](C)(CCOCCO)CCOCCO. The molecule has 0 amide bonds. The number of aliphatic hydroxyl groups is 2. The largest absolute Gasteiger partial charge is 0.394 e. The lowest BCUT2D eigenvalue weighted by Gasteiger charge is -2.34. The highest BCUT2D eigenvalue weighted by Crippen LogP contribution is 2.15. The standard InChI is InChI=1S/C28H60NO4/c1-3-4-5-6-7-8-9-10-11-12-13-14-15-16-17-18-19-20-29(2,21-25-32-27-23-30)22-26-33-28-24-31/h30-31H,3-28H2,1-2H3/q+1. The van der Waals surface area contributed by atoms with Gasteiger partial charge in [0.15, 0.2) is 0 Å². The lowest BCUT2D eigenvalue weighted by molar-refractivity contribution is -0.910. The van der Waals surface area contributed by atoms with Gasteiger partial charge in [-0.15, -0.1) is 0 Å². The molecule has 0 rings (SSSR count). The molecule has 0 saturated carbocycles. The molecule has 33 heavy (non-hydrogen) atoms. The smallest absolute Gasteiger partial charge is 0.102 e. The van der Waals surface area contributed by atoms with E-state index in [-0.39, 0.29) is 13.2 Å². The molecule has 0 radical (unpaired) electrons. The number of likely N-dealkylation sites (N-methyl/N-ethyl adjacent to an activating group) is 1. The van der Waals surface area contributed by atoms with Crippen LogP contribution in [0.1, 0.15) is 116 Å². The molecule has 2 N–H and O–H groups in total. The van der Waals surface area contributed by atoms with Gasteiger partial charge in [-0.05, 0) is 12.8 Å². The average molecular weight is 475 g/mol. The Morgan fingerprint density at radius 1 is 0.455 bits per heavy atom. The van der Waals surface area contributed by atoms with E-state index in [2.05, 4.69) is 14.0 Å². The molecule has 0 heterocycles. The Labute approximate surface area is 206 Å². The van der Waals surface area contributed by atoms with Gasteiger partial charge in [-0.25, -0.2) is 0 Å². The summed E-state index contributed by atoms with van der Waals surface area (Å²) in [4.78, 5) is 0. The van der Waals surface area contributed by atoms with Gasteiger partial charge in [-0.3, -0.25) is 0 Å². The van der Waals surface area contributed by atoms with Crippen molar-refractivity contribution in [1.29, 1.82) is 0 Å². The molecule has 0 aromatic carbocycles. The third kappa shape index (κ3) is 24.7. The van der Waals surface area contributed by atoms with Crippen molar-refractivity contribution >= 4 is 0 Å². The molecule has 5 nitrogen and oxygen atoms in total. The Morgan fingerprint density at radius 3 is 1.12 bits per heavy atom. The monoisotopic (exact) mass is 474 g/mol. The zero-order valence-electron chi connectivity index (χ0n) is 22.5. The van der Waals surface area contributed by atoms with Crippen molar-refractivity contribution in [2.75, 3.05) is 66.3 Å². The maximum atomic E-state index is 8.89. The van der Waals surface area contributed by atoms with Crippen molar-refractivity contribution in [2.24, 2.45) is 0 Å². The van der Waals surface area contributed by atoms with E-state index < -0.39 is 0 Å². The maximum Gasteiger partial charge on any atom is 0.102 e. The molecule has 0 aromatic heterocycles. The van der Waals surface area contributed by atoms with Crippen LogP contribution in [0, 0.1) is 0 Å². The molecule has 0 aliphatic rings. The van der Waals surface area contributed by atoms with Crippen LogP contribution in [0.15, 0.2) is 0 Å². The zero-order valence-corrected chi connectivity index (χ0v) is 22.5. The molecule has 0 bridgehead atoms. The Hall–Kier alpha value is -0.200. The van der Waals surface area contributed by atoms with Crippen LogP contribution in [-0.2, 0) is 9.47 Å². The number of aliphatic hydroxyl groups excluding tert-OH is 2. The van der Waals surface area contributed by atoms with Crippen molar-refractivity contribution in [3.63, 3.8) is 0 Å². The number of ether oxygens (including phenoxy) is 2. The van der Waals surface area contributed by atoms with Crippen molar-refractivity contribution in [2.45, 2.75) is 116 Å². The van der Waals surface area contributed by atoms with E-state index in [0.29, 0.717) is 26.4 Å². The Balaban J connectivity index is 3.59. The molecule has 0 saturated heterocycles. The van der Waals surface area contributed by atoms with E-state index >= 15 is 0 Å². The van der Waals surface area contributed by atoms with Crippen LogP contribution in [0.25, 0.3) is 0 Å². The van der Waals surface area contributed by atoms with Crippen molar-refractivity contribution in [1.82, 2.24) is 0 Å². The van der Waals surface area contributed by atoms with Crippen molar-refractivity contribution in [3.8, 4) is 0 Å². The Morgan fingerprint density at radius 2 is 0.788 bits per heavy atom. The van der Waals surface area contributed by atoms with Gasteiger partial charge in [0.25, 0.3) is 0 Å². The fraction of sp³-hybridized carbons (Fsp3) is 1.00. The minimum atomic E-state index is 0.0858. The molecule has 0 aliphatic carbocycles. The summed E-state index contributed by atoms with van der Waals surface area (Å²) in [5, 5.41) is 17.8. The Kier molecular flexibility index (Phi) is 26.2. The van der Waals surface area contributed by atoms with E-state index in [1.54, 1.807) is 0 Å². The second kappa shape index (κ2) is 26.4. The van der Waals surface area contributed by atoms with Crippen molar-refractivity contribution in [3.05, 3.63) is 0 Å². The fourth-order valence-corrected chi connectivity index (χ4v) is 4.46. The predicted molar refractivity (Wildman–Crippen MR) is 141 cm³/mol. The van der Waals surface area contributed by atoms with Crippen LogP contribution < -0.4 is 0 Å². The number of hydrogen-bond donors (Lipinski definition) is 2. The number of nitrogens with zero attached hydrogens (tertiary/aromatic N) is 1. The molecular formula is C28H60NO4+. The summed E-state index contributed by atoms with van der Waals surface area (Å²) in [7, 11) is 2.27. The van der Waals surface area contributed by atoms with Crippen LogP contribution in [0.4, 0.5) is 0 Å². The third-order valence-electron chi connectivity index (χ3n) is 6.82. The summed E-state index contributed by atoms with van der Waals surface area (Å²) in [5.41, 5.74) is 0. The minimum Gasteiger partial charge on any atom is -0.394 e. The van der Waals surface area contributed by atoms with E-state index in [9.17, 15) is 0 Å². The van der Waals surface area contributed by atoms with Gasteiger partial charge in [0, 0.05) is 0 Å². The minimum absolute atomic E-state index is 0.0858. The molecule has 0 aliphatic heterocycles. The van der Waals surface area contributed by atoms with Crippen LogP contribution in [0.5, 0.6) is 0 Å². The second-order valence-electron chi connectivity index (χ2n) is 10.1. The van der Waals surface area contributed by atoms with Crippen LogP contribution in [-0.4, -0.2) is 81.0 Å². The maximum absolute atomic E-state index is 8.89. The number of unbranched alkanes of at least 4 members (excludes halogenated alkanes) is 16. The van der Waals surface area contributed by atoms with E-state index in [1.165, 1.54) is 109 Å². The summed E-state index contributed by atoms with van der Waals surface area (Å²) in [5.74, 6) is 0. The first-order valence-electron chi connectivity index (χ1n) is 14.4. The highest BCUT2D eigenvalue weighted by molar-refractivity contribution is 4.51. The van der Waals surface area contributed by atoms with Gasteiger partial charge in [-0.1, -0.05) is 103 Å². The summed E-state index contributed by atoms with van der Waals surface area (Å²) < 4.78 is 11.9. The molecule has 0 spiro atoms. The van der Waals surface area contributed by atoms with E-state index in [1.807, 2.05) is 0 Å². The zero-order chi connectivity index (χ0) is 24.3. The number of hydrogen-bond acceptors (Lipinski definition) is 4. The van der Waals surface area contributed by atoms with Crippen LogP contribution >= 0.6 is 0 Å². The van der Waals surface area contributed by atoms with Gasteiger partial charge in [-0.2, -0.15) is 0 Å². The summed E-state index contributed by atoms with van der Waals surface area (Å²) in [6, 6.07) is 0. The normalized spacial score (nSPS) is 12.0. The molecular weight excluding hydrogens is 414 g/mol. The highest BCUT2D eigenvalue weighted by atomic mass is 16.5. The van der Waals surface area contributed by atoms with Gasteiger partial charge in [0.05, 0.1) is 53.2 Å². The average Bonchev–Trinajstić information content (AvgIpc) is 2.82. The van der Waals surface area contributed by atoms with Gasteiger partial charge >= 0.3 is 0 Å². The first kappa shape index (κ1) is 32.8. The quantitative estimate of drug-likeness (QED) is 0.106. The first-order chi connectivity index (χ1) is 16.2. The number of quaternary nitrogens is 1. The molecule has 0 unspecified atom stereocenters. The first-order valence-corrected chi connectivity index (χ1v) is 14.4. The van der Waals surface area contributed by atoms with Gasteiger partial charge < -0.3 is 24.2 Å². The summed E-state index contributed by atoms with van der Waals surface area (Å²) in [6.07, 6.45) is 23.8. The topological polar surface area (TPSA) is 58.9 Å². The van der Waals surface area contributed by atoms with Gasteiger partial charge in [0.1, 0.15) is 13.1 Å². The molecule has 200 valence electrons. The molecule has 5 heteroatoms. The lowest BCUT2D eigenvalue weighted by Crippen LogP contribution is -2.49. The van der Waals surface area contributed by atoms with Crippen LogP contribution in [0.2, 0.25) is 0 Å². The van der Waals surface area contributed by atoms with Gasteiger partial charge in [0.2, 0.25) is 0 Å². The predicted octanol–water partition coefficient (Wildman–Crippen LogP) is 6.10.